The van der Waals surface area contributed by atoms with E-state index in [9.17, 15) is 0 Å². The standard InChI is InChI=1S/C46H30N4/c1-3-14-31(15-4-1)43-39-24-7-9-26-41(39)47-45(49-43)37-22-12-20-35(29-37)33-18-11-19-34(28-33)36-21-13-23-38(30-36)46-48-42-27-10-8-25-40(42)44(50-46)32-16-5-2-6-17-32/h1-30H. The Balaban J connectivity index is 1.09. The number of fused-ring (bicyclic) bond motifs is 2. The van der Waals surface area contributed by atoms with Gasteiger partial charge in [0.1, 0.15) is 0 Å². The van der Waals surface area contributed by atoms with Crippen LogP contribution in [0.3, 0.4) is 0 Å². The molecule has 0 fully saturated rings. The Morgan fingerprint density at radius 2 is 0.560 bits per heavy atom. The molecule has 0 unspecified atom stereocenters. The summed E-state index contributed by atoms with van der Waals surface area (Å²) in [4.78, 5) is 20.2. The smallest absolute Gasteiger partial charge is 0.160 e. The molecule has 0 saturated carbocycles. The van der Waals surface area contributed by atoms with Crippen molar-refractivity contribution in [3.05, 3.63) is 182 Å². The topological polar surface area (TPSA) is 51.6 Å². The van der Waals surface area contributed by atoms with Gasteiger partial charge in [-0.25, -0.2) is 19.9 Å². The van der Waals surface area contributed by atoms with E-state index in [0.717, 1.165) is 77.7 Å². The molecule has 9 rings (SSSR count). The van der Waals surface area contributed by atoms with Gasteiger partial charge in [-0.15, -0.1) is 0 Å². The van der Waals surface area contributed by atoms with Crippen molar-refractivity contribution in [2.75, 3.05) is 0 Å². The number of rotatable bonds is 6. The lowest BCUT2D eigenvalue weighted by atomic mass is 9.96. The number of para-hydroxylation sites is 2. The molecule has 50 heavy (non-hydrogen) atoms. The van der Waals surface area contributed by atoms with Crippen molar-refractivity contribution in [1.82, 2.24) is 19.9 Å². The van der Waals surface area contributed by atoms with Crippen molar-refractivity contribution in [1.29, 1.82) is 0 Å². The van der Waals surface area contributed by atoms with Crippen LogP contribution in [0.15, 0.2) is 182 Å². The van der Waals surface area contributed by atoms with Crippen molar-refractivity contribution in [2.45, 2.75) is 0 Å². The van der Waals surface area contributed by atoms with Crippen molar-refractivity contribution >= 4 is 21.8 Å². The summed E-state index contributed by atoms with van der Waals surface area (Å²) in [6, 6.07) is 62.7. The van der Waals surface area contributed by atoms with E-state index in [0.29, 0.717) is 11.6 Å². The third kappa shape index (κ3) is 5.59. The first-order valence-corrected chi connectivity index (χ1v) is 16.7. The van der Waals surface area contributed by atoms with Crippen LogP contribution in [0.1, 0.15) is 0 Å². The Morgan fingerprint density at radius 3 is 0.980 bits per heavy atom. The van der Waals surface area contributed by atoms with Crippen molar-refractivity contribution < 1.29 is 0 Å². The van der Waals surface area contributed by atoms with Crippen LogP contribution in [-0.2, 0) is 0 Å². The maximum absolute atomic E-state index is 5.10. The summed E-state index contributed by atoms with van der Waals surface area (Å²) >= 11 is 0. The maximum atomic E-state index is 5.10. The van der Waals surface area contributed by atoms with Gasteiger partial charge in [0.15, 0.2) is 11.6 Å². The average molecular weight is 639 g/mol. The summed E-state index contributed by atoms with van der Waals surface area (Å²) in [5.41, 5.74) is 12.3. The van der Waals surface area contributed by atoms with E-state index in [1.54, 1.807) is 0 Å². The van der Waals surface area contributed by atoms with Gasteiger partial charge < -0.3 is 0 Å². The molecular weight excluding hydrogens is 609 g/mol. The van der Waals surface area contributed by atoms with E-state index in [1.165, 1.54) is 0 Å². The zero-order valence-corrected chi connectivity index (χ0v) is 27.1. The van der Waals surface area contributed by atoms with Crippen molar-refractivity contribution in [2.24, 2.45) is 0 Å². The second kappa shape index (κ2) is 12.7. The molecule has 2 aromatic heterocycles. The molecule has 0 aliphatic rings. The number of aromatic nitrogens is 4. The van der Waals surface area contributed by atoms with Crippen LogP contribution >= 0.6 is 0 Å². The lowest BCUT2D eigenvalue weighted by Crippen LogP contribution is -1.95. The molecule has 0 saturated heterocycles. The van der Waals surface area contributed by atoms with Gasteiger partial charge in [0.05, 0.1) is 22.4 Å². The molecular formula is C46H30N4. The third-order valence-electron chi connectivity index (χ3n) is 9.07. The molecule has 2 heterocycles. The Labute approximate surface area is 290 Å². The second-order valence-electron chi connectivity index (χ2n) is 12.3. The minimum Gasteiger partial charge on any atom is -0.228 e. The molecule has 9 aromatic rings. The first kappa shape index (κ1) is 29.4. The Bertz CT molecular complexity index is 2470. The fraction of sp³-hybridized carbons (Fsp3) is 0. The van der Waals surface area contributed by atoms with Crippen LogP contribution < -0.4 is 0 Å². The maximum Gasteiger partial charge on any atom is 0.160 e. The molecule has 0 N–H and O–H groups in total. The molecule has 4 heteroatoms. The summed E-state index contributed by atoms with van der Waals surface area (Å²) in [6.45, 7) is 0. The van der Waals surface area contributed by atoms with Gasteiger partial charge in [-0.1, -0.05) is 152 Å². The average Bonchev–Trinajstić information content (AvgIpc) is 3.21. The second-order valence-corrected chi connectivity index (χ2v) is 12.3. The van der Waals surface area contributed by atoms with E-state index < -0.39 is 0 Å². The van der Waals surface area contributed by atoms with Crippen LogP contribution in [0.5, 0.6) is 0 Å². The predicted octanol–water partition coefficient (Wildman–Crippen LogP) is 11.6. The summed E-state index contributed by atoms with van der Waals surface area (Å²) in [5, 5.41) is 2.08. The van der Waals surface area contributed by atoms with Crippen LogP contribution in [0, 0.1) is 0 Å². The van der Waals surface area contributed by atoms with E-state index in [2.05, 4.69) is 121 Å². The highest BCUT2D eigenvalue weighted by Gasteiger charge is 2.14. The normalized spacial score (nSPS) is 11.2. The van der Waals surface area contributed by atoms with Gasteiger partial charge in [0, 0.05) is 33.0 Å². The summed E-state index contributed by atoms with van der Waals surface area (Å²) in [6.07, 6.45) is 0. The Morgan fingerprint density at radius 1 is 0.240 bits per heavy atom. The highest BCUT2D eigenvalue weighted by atomic mass is 14.9. The lowest BCUT2D eigenvalue weighted by molar-refractivity contribution is 1.23. The molecule has 234 valence electrons. The summed E-state index contributed by atoms with van der Waals surface area (Å²) in [5.74, 6) is 1.41. The van der Waals surface area contributed by atoms with E-state index in [1.807, 2.05) is 60.7 Å². The van der Waals surface area contributed by atoms with Gasteiger partial charge >= 0.3 is 0 Å². The van der Waals surface area contributed by atoms with E-state index in [4.69, 9.17) is 19.9 Å². The number of nitrogens with zero attached hydrogens (tertiary/aromatic N) is 4. The SMILES string of the molecule is c1ccc(-c2nc(-c3cccc(-c4cccc(-c5cccc(-c6nc(-c7ccccc7)c7ccccc7n6)c5)c4)c3)nc3ccccc23)cc1. The molecule has 7 aromatic carbocycles. The number of benzene rings is 7. The third-order valence-corrected chi connectivity index (χ3v) is 9.07. The van der Waals surface area contributed by atoms with Crippen LogP contribution in [0.4, 0.5) is 0 Å². The van der Waals surface area contributed by atoms with Crippen LogP contribution in [0.25, 0.3) is 89.4 Å². The van der Waals surface area contributed by atoms with Crippen LogP contribution in [-0.4, -0.2) is 19.9 Å². The first-order chi connectivity index (χ1) is 24.8. The van der Waals surface area contributed by atoms with Crippen molar-refractivity contribution in [3.8, 4) is 67.5 Å². The largest absolute Gasteiger partial charge is 0.228 e. The Kier molecular flexibility index (Phi) is 7.45. The van der Waals surface area contributed by atoms with Gasteiger partial charge in [0.2, 0.25) is 0 Å². The van der Waals surface area contributed by atoms with Gasteiger partial charge in [-0.3, -0.25) is 0 Å². The van der Waals surface area contributed by atoms with E-state index in [-0.39, 0.29) is 0 Å². The van der Waals surface area contributed by atoms with Gasteiger partial charge in [-0.05, 0) is 52.6 Å². The Hall–Kier alpha value is -6.78. The van der Waals surface area contributed by atoms with Gasteiger partial charge in [-0.2, -0.15) is 0 Å². The summed E-state index contributed by atoms with van der Waals surface area (Å²) in [7, 11) is 0. The zero-order chi connectivity index (χ0) is 33.3. The first-order valence-electron chi connectivity index (χ1n) is 16.7. The molecule has 0 amide bonds. The molecule has 4 nitrogen and oxygen atoms in total. The number of hydrogen-bond donors (Lipinski definition) is 0. The lowest BCUT2D eigenvalue weighted by Gasteiger charge is -2.12. The highest BCUT2D eigenvalue weighted by molar-refractivity contribution is 5.95. The molecule has 0 aliphatic carbocycles. The summed E-state index contributed by atoms with van der Waals surface area (Å²) < 4.78 is 0. The van der Waals surface area contributed by atoms with Crippen LogP contribution in [0.2, 0.25) is 0 Å². The highest BCUT2D eigenvalue weighted by Crippen LogP contribution is 2.34. The van der Waals surface area contributed by atoms with Gasteiger partial charge in [0.25, 0.3) is 0 Å². The van der Waals surface area contributed by atoms with Crippen molar-refractivity contribution in [3.63, 3.8) is 0 Å². The molecule has 0 bridgehead atoms. The fourth-order valence-electron chi connectivity index (χ4n) is 6.60. The monoisotopic (exact) mass is 638 g/mol. The molecule has 0 radical (unpaired) electrons. The zero-order valence-electron chi connectivity index (χ0n) is 27.1. The molecule has 0 aliphatic heterocycles. The van der Waals surface area contributed by atoms with E-state index >= 15 is 0 Å². The molecule has 0 spiro atoms. The predicted molar refractivity (Wildman–Crippen MR) is 205 cm³/mol. The fourth-order valence-corrected chi connectivity index (χ4v) is 6.60. The minimum absolute atomic E-state index is 0.707. The molecule has 0 atom stereocenters. The minimum atomic E-state index is 0.707. The number of hydrogen-bond acceptors (Lipinski definition) is 4. The quantitative estimate of drug-likeness (QED) is 0.182.